The average Bonchev–Trinajstić information content (AvgIpc) is 2.60. The van der Waals surface area contributed by atoms with Crippen molar-refractivity contribution in [1.29, 1.82) is 0 Å². The number of halogens is 1. The number of benzene rings is 2. The van der Waals surface area contributed by atoms with Gasteiger partial charge in [-0.15, -0.1) is 0 Å². The third-order valence-corrected chi connectivity index (χ3v) is 3.81. The highest BCUT2D eigenvalue weighted by Crippen LogP contribution is 2.16. The third-order valence-electron chi connectivity index (χ3n) is 3.12. The number of hydrogen-bond donors (Lipinski definition) is 2. The molecule has 6 nitrogen and oxygen atoms in total. The summed E-state index contributed by atoms with van der Waals surface area (Å²) in [5.41, 5.74) is 0.941. The zero-order valence-electron chi connectivity index (χ0n) is 13.0. The van der Waals surface area contributed by atoms with E-state index in [0.717, 1.165) is 0 Å². The number of carboxylic acid groups (broad SMARTS) is 1. The lowest BCUT2D eigenvalue weighted by Crippen LogP contribution is -2.41. The molecule has 0 aliphatic heterocycles. The molecule has 0 atom stereocenters. The minimum Gasteiger partial charge on any atom is -0.548 e. The highest BCUT2D eigenvalue weighted by atomic mass is 79.9. The second kappa shape index (κ2) is 8.79. The van der Waals surface area contributed by atoms with Crippen LogP contribution >= 0.6 is 15.9 Å². The average molecular weight is 402 g/mol. The van der Waals surface area contributed by atoms with Gasteiger partial charge in [-0.05, 0) is 39.7 Å². The fourth-order valence-electron chi connectivity index (χ4n) is 1.96. The zero-order chi connectivity index (χ0) is 18.2. The molecule has 0 saturated carbocycles. The molecule has 0 spiro atoms. The van der Waals surface area contributed by atoms with E-state index in [1.807, 2.05) is 6.07 Å². The molecule has 0 unspecified atom stereocenters. The van der Waals surface area contributed by atoms with E-state index in [9.17, 15) is 19.5 Å². The van der Waals surface area contributed by atoms with Gasteiger partial charge in [0.25, 0.3) is 11.8 Å². The SMILES string of the molecule is O=C([O-])CNC(=O)/C(=C/c1ccccc1)NC(=O)c1ccccc1Br. The number of carbonyl (C=O) groups excluding carboxylic acids is 3. The first-order valence-electron chi connectivity index (χ1n) is 7.28. The van der Waals surface area contributed by atoms with Crippen LogP contribution in [0.5, 0.6) is 0 Å². The van der Waals surface area contributed by atoms with Crippen molar-refractivity contribution in [1.82, 2.24) is 10.6 Å². The first-order chi connectivity index (χ1) is 12.0. The van der Waals surface area contributed by atoms with Crippen LogP contribution in [-0.2, 0) is 9.59 Å². The summed E-state index contributed by atoms with van der Waals surface area (Å²) >= 11 is 3.27. The van der Waals surface area contributed by atoms with E-state index >= 15 is 0 Å². The van der Waals surface area contributed by atoms with Crippen molar-refractivity contribution in [3.8, 4) is 0 Å². The topological polar surface area (TPSA) is 98.3 Å². The first kappa shape index (κ1) is 18.4. The lowest BCUT2D eigenvalue weighted by molar-refractivity contribution is -0.303. The molecule has 0 bridgehead atoms. The summed E-state index contributed by atoms with van der Waals surface area (Å²) < 4.78 is 0.571. The molecule has 0 aromatic heterocycles. The second-order valence-electron chi connectivity index (χ2n) is 4.96. The molecule has 25 heavy (non-hydrogen) atoms. The van der Waals surface area contributed by atoms with E-state index in [0.29, 0.717) is 15.6 Å². The summed E-state index contributed by atoms with van der Waals surface area (Å²) in [4.78, 5) is 35.2. The summed E-state index contributed by atoms with van der Waals surface area (Å²) in [6.45, 7) is -0.657. The zero-order valence-corrected chi connectivity index (χ0v) is 14.6. The van der Waals surface area contributed by atoms with Gasteiger partial charge in [0.1, 0.15) is 5.70 Å². The van der Waals surface area contributed by atoms with Crippen LogP contribution < -0.4 is 15.7 Å². The van der Waals surface area contributed by atoms with Crippen LogP contribution in [0.3, 0.4) is 0 Å². The predicted octanol–water partition coefficient (Wildman–Crippen LogP) is 1.09. The van der Waals surface area contributed by atoms with Crippen molar-refractivity contribution in [2.75, 3.05) is 6.54 Å². The predicted molar refractivity (Wildman–Crippen MR) is 94.0 cm³/mol. The molecular weight excluding hydrogens is 388 g/mol. The maximum absolute atomic E-state index is 12.4. The van der Waals surface area contributed by atoms with Gasteiger partial charge in [-0.3, -0.25) is 9.59 Å². The highest BCUT2D eigenvalue weighted by Gasteiger charge is 2.16. The maximum Gasteiger partial charge on any atom is 0.268 e. The van der Waals surface area contributed by atoms with Crippen LogP contribution in [0.15, 0.2) is 64.8 Å². The highest BCUT2D eigenvalue weighted by molar-refractivity contribution is 9.10. The Morgan fingerprint density at radius 3 is 2.28 bits per heavy atom. The number of amides is 2. The van der Waals surface area contributed by atoms with E-state index in [1.54, 1.807) is 48.5 Å². The van der Waals surface area contributed by atoms with Crippen LogP contribution in [0.1, 0.15) is 15.9 Å². The largest absolute Gasteiger partial charge is 0.548 e. The maximum atomic E-state index is 12.4. The molecule has 2 N–H and O–H groups in total. The fourth-order valence-corrected chi connectivity index (χ4v) is 2.42. The third kappa shape index (κ3) is 5.58. The molecule has 2 aromatic rings. The van der Waals surface area contributed by atoms with Gasteiger partial charge in [0.05, 0.1) is 18.1 Å². The summed E-state index contributed by atoms with van der Waals surface area (Å²) in [6.07, 6.45) is 1.46. The Kier molecular flexibility index (Phi) is 6.47. The Bertz CT molecular complexity index is 819. The van der Waals surface area contributed by atoms with Crippen LogP contribution in [0, 0.1) is 0 Å². The Balaban J connectivity index is 2.26. The molecule has 0 saturated heterocycles. The number of carbonyl (C=O) groups is 3. The van der Waals surface area contributed by atoms with Crippen molar-refractivity contribution in [3.05, 3.63) is 75.9 Å². The molecule has 7 heteroatoms. The molecule has 2 amide bonds. The summed E-state index contributed by atoms with van der Waals surface area (Å²) in [7, 11) is 0. The molecule has 0 aliphatic rings. The van der Waals surface area contributed by atoms with E-state index in [1.165, 1.54) is 6.08 Å². The lowest BCUT2D eigenvalue weighted by atomic mass is 10.1. The van der Waals surface area contributed by atoms with E-state index in [2.05, 4.69) is 26.6 Å². The molecule has 0 heterocycles. The van der Waals surface area contributed by atoms with Crippen molar-refractivity contribution in [2.45, 2.75) is 0 Å². The monoisotopic (exact) mass is 401 g/mol. The molecule has 0 radical (unpaired) electrons. The van der Waals surface area contributed by atoms with Crippen molar-refractivity contribution in [3.63, 3.8) is 0 Å². The van der Waals surface area contributed by atoms with Gasteiger partial charge in [0, 0.05) is 4.47 Å². The van der Waals surface area contributed by atoms with Crippen LogP contribution in [0.4, 0.5) is 0 Å². The summed E-state index contributed by atoms with van der Waals surface area (Å²) in [6, 6.07) is 15.6. The second-order valence-corrected chi connectivity index (χ2v) is 5.81. The van der Waals surface area contributed by atoms with Gasteiger partial charge < -0.3 is 20.5 Å². The Morgan fingerprint density at radius 2 is 1.64 bits per heavy atom. The van der Waals surface area contributed by atoms with Crippen molar-refractivity contribution >= 4 is 39.8 Å². The Morgan fingerprint density at radius 1 is 1.00 bits per heavy atom. The number of nitrogens with one attached hydrogen (secondary N) is 2. The van der Waals surface area contributed by atoms with Crippen LogP contribution in [0.25, 0.3) is 6.08 Å². The molecule has 128 valence electrons. The Labute approximate surface area is 152 Å². The van der Waals surface area contributed by atoms with Gasteiger partial charge in [-0.1, -0.05) is 42.5 Å². The van der Waals surface area contributed by atoms with Crippen molar-refractivity contribution in [2.24, 2.45) is 0 Å². The van der Waals surface area contributed by atoms with Gasteiger partial charge in [-0.25, -0.2) is 0 Å². The quantitative estimate of drug-likeness (QED) is 0.707. The number of aliphatic carboxylic acids is 1. The van der Waals surface area contributed by atoms with Crippen molar-refractivity contribution < 1.29 is 19.5 Å². The number of rotatable bonds is 6. The normalized spacial score (nSPS) is 10.8. The van der Waals surface area contributed by atoms with Gasteiger partial charge in [0.2, 0.25) is 0 Å². The molecular formula is C18H14BrN2O4-. The van der Waals surface area contributed by atoms with E-state index in [-0.39, 0.29) is 5.70 Å². The molecule has 2 aromatic carbocycles. The summed E-state index contributed by atoms with van der Waals surface area (Å²) in [5.74, 6) is -2.66. The van der Waals surface area contributed by atoms with Gasteiger partial charge >= 0.3 is 0 Å². The summed E-state index contributed by atoms with van der Waals surface area (Å²) in [5, 5.41) is 15.2. The smallest absolute Gasteiger partial charge is 0.268 e. The lowest BCUT2D eigenvalue weighted by Gasteiger charge is -2.12. The molecule has 2 rings (SSSR count). The van der Waals surface area contributed by atoms with Gasteiger partial charge in [0.15, 0.2) is 0 Å². The number of carboxylic acids is 1. The van der Waals surface area contributed by atoms with Crippen LogP contribution in [0.2, 0.25) is 0 Å². The number of hydrogen-bond acceptors (Lipinski definition) is 4. The minimum absolute atomic E-state index is 0.0757. The van der Waals surface area contributed by atoms with Gasteiger partial charge in [-0.2, -0.15) is 0 Å². The fraction of sp³-hybridized carbons (Fsp3) is 0.0556. The minimum atomic E-state index is -1.43. The standard InChI is InChI=1S/C18H15BrN2O4/c19-14-9-5-4-8-13(14)17(24)21-15(18(25)20-11-16(22)23)10-12-6-2-1-3-7-12/h1-10H,11H2,(H,20,25)(H,21,24)(H,22,23)/p-1/b15-10-. The molecule has 0 aliphatic carbocycles. The van der Waals surface area contributed by atoms with E-state index < -0.39 is 24.3 Å². The Hall–Kier alpha value is -2.93. The first-order valence-corrected chi connectivity index (χ1v) is 8.07. The molecule has 0 fully saturated rings. The van der Waals surface area contributed by atoms with Crippen LogP contribution in [-0.4, -0.2) is 24.3 Å². The van der Waals surface area contributed by atoms with E-state index in [4.69, 9.17) is 0 Å².